The maximum Gasteiger partial charge on any atom is 0.342 e. The van der Waals surface area contributed by atoms with Crippen LogP contribution in [-0.2, 0) is 0 Å². The molecule has 1 aliphatic rings. The molecule has 1 aromatic carbocycles. The van der Waals surface area contributed by atoms with E-state index in [4.69, 9.17) is 10.2 Å². The molecule has 0 bridgehead atoms. The minimum absolute atomic E-state index is 0.0659. The Bertz CT molecular complexity index is 544. The molecule has 2 N–H and O–H groups in total. The molecule has 1 unspecified atom stereocenters. The number of nitro groups is 1. The van der Waals surface area contributed by atoms with Crippen molar-refractivity contribution in [1.29, 1.82) is 0 Å². The van der Waals surface area contributed by atoms with Gasteiger partial charge in [0.2, 0.25) is 0 Å². The number of aromatic carboxylic acids is 1. The Morgan fingerprint density at radius 2 is 2.19 bits per heavy atom. The van der Waals surface area contributed by atoms with E-state index >= 15 is 0 Å². The second kappa shape index (κ2) is 6.53. The van der Waals surface area contributed by atoms with E-state index in [1.54, 1.807) is 6.07 Å². The van der Waals surface area contributed by atoms with Crippen LogP contribution in [0.5, 0.6) is 0 Å². The zero-order chi connectivity index (χ0) is 15.4. The number of hydrogen-bond acceptors (Lipinski definition) is 5. The van der Waals surface area contributed by atoms with Crippen LogP contribution in [0.15, 0.2) is 18.2 Å². The highest BCUT2D eigenvalue weighted by Crippen LogP contribution is 2.31. The first-order valence-electron chi connectivity index (χ1n) is 6.94. The second-order valence-electron chi connectivity index (χ2n) is 5.12. The van der Waals surface area contributed by atoms with Gasteiger partial charge >= 0.3 is 5.97 Å². The fraction of sp³-hybridized carbons (Fsp3) is 0.500. The first-order chi connectivity index (χ1) is 10.0. The average molecular weight is 294 g/mol. The van der Waals surface area contributed by atoms with E-state index < -0.39 is 16.6 Å². The monoisotopic (exact) mass is 294 g/mol. The summed E-state index contributed by atoms with van der Waals surface area (Å²) in [5, 5.41) is 29.2. The van der Waals surface area contributed by atoms with Crippen molar-refractivity contribution in [2.45, 2.75) is 31.7 Å². The van der Waals surface area contributed by atoms with Crippen molar-refractivity contribution < 1.29 is 19.9 Å². The normalized spacial score (nSPS) is 18.5. The van der Waals surface area contributed by atoms with E-state index in [2.05, 4.69) is 0 Å². The topological polar surface area (TPSA) is 104 Å². The standard InChI is InChI=1S/C14H18N2O5/c17-8-6-10-3-1-2-7-15(10)11-4-5-12(14(18)19)13(9-11)16(20)21/h4-5,9-10,17H,1-3,6-8H2,(H,18,19). The highest BCUT2D eigenvalue weighted by molar-refractivity contribution is 5.93. The number of benzene rings is 1. The Labute approximate surface area is 122 Å². The van der Waals surface area contributed by atoms with Crippen LogP contribution in [0.1, 0.15) is 36.0 Å². The first-order valence-corrected chi connectivity index (χ1v) is 6.94. The van der Waals surface area contributed by atoms with Crippen molar-refractivity contribution in [3.05, 3.63) is 33.9 Å². The molecule has 114 valence electrons. The third kappa shape index (κ3) is 3.30. The molecule has 2 rings (SSSR count). The van der Waals surface area contributed by atoms with E-state index in [0.717, 1.165) is 25.8 Å². The summed E-state index contributed by atoms with van der Waals surface area (Å²) >= 11 is 0. The molecule has 1 aliphatic heterocycles. The van der Waals surface area contributed by atoms with E-state index in [-0.39, 0.29) is 18.2 Å². The molecule has 7 heteroatoms. The number of aliphatic hydroxyl groups is 1. The van der Waals surface area contributed by atoms with Crippen LogP contribution in [0.25, 0.3) is 0 Å². The predicted octanol–water partition coefficient (Wildman–Crippen LogP) is 2.03. The average Bonchev–Trinajstić information content (AvgIpc) is 2.47. The summed E-state index contributed by atoms with van der Waals surface area (Å²) < 4.78 is 0. The van der Waals surface area contributed by atoms with Gasteiger partial charge in [0, 0.05) is 30.9 Å². The van der Waals surface area contributed by atoms with E-state index in [1.807, 2.05) is 4.90 Å². The van der Waals surface area contributed by atoms with Crippen LogP contribution >= 0.6 is 0 Å². The highest BCUT2D eigenvalue weighted by atomic mass is 16.6. The number of nitro benzene ring substituents is 1. The third-order valence-electron chi connectivity index (χ3n) is 3.83. The zero-order valence-corrected chi connectivity index (χ0v) is 11.6. The summed E-state index contributed by atoms with van der Waals surface area (Å²) in [6.07, 6.45) is 3.58. The van der Waals surface area contributed by atoms with Crippen LogP contribution in [0.3, 0.4) is 0 Å². The minimum Gasteiger partial charge on any atom is -0.477 e. The lowest BCUT2D eigenvalue weighted by molar-refractivity contribution is -0.385. The Morgan fingerprint density at radius 3 is 2.81 bits per heavy atom. The van der Waals surface area contributed by atoms with Crippen molar-refractivity contribution in [2.75, 3.05) is 18.1 Å². The van der Waals surface area contributed by atoms with Gasteiger partial charge in [-0.25, -0.2) is 4.79 Å². The van der Waals surface area contributed by atoms with Crippen molar-refractivity contribution in [3.8, 4) is 0 Å². The summed E-state index contributed by atoms with van der Waals surface area (Å²) in [6.45, 7) is 0.824. The van der Waals surface area contributed by atoms with Gasteiger partial charge in [-0.1, -0.05) is 0 Å². The molecule has 0 amide bonds. The Hall–Kier alpha value is -2.15. The van der Waals surface area contributed by atoms with Crippen molar-refractivity contribution >= 4 is 17.3 Å². The highest BCUT2D eigenvalue weighted by Gasteiger charge is 2.26. The number of carboxylic acid groups (broad SMARTS) is 1. The van der Waals surface area contributed by atoms with Crippen LogP contribution < -0.4 is 4.90 Å². The number of nitrogens with zero attached hydrogens (tertiary/aromatic N) is 2. The number of rotatable bonds is 5. The van der Waals surface area contributed by atoms with E-state index in [0.29, 0.717) is 12.1 Å². The van der Waals surface area contributed by atoms with Crippen molar-refractivity contribution in [2.24, 2.45) is 0 Å². The van der Waals surface area contributed by atoms with Gasteiger partial charge in [0.05, 0.1) is 4.92 Å². The molecule has 0 spiro atoms. The van der Waals surface area contributed by atoms with E-state index in [9.17, 15) is 14.9 Å². The SMILES string of the molecule is O=C(O)c1ccc(N2CCCCC2CCO)cc1[N+](=O)[O-]. The summed E-state index contributed by atoms with van der Waals surface area (Å²) in [6, 6.07) is 4.34. The molecule has 1 saturated heterocycles. The molecule has 1 aromatic rings. The number of anilines is 1. The van der Waals surface area contributed by atoms with Crippen molar-refractivity contribution in [3.63, 3.8) is 0 Å². The van der Waals surface area contributed by atoms with Crippen LogP contribution in [0.2, 0.25) is 0 Å². The van der Waals surface area contributed by atoms with Gasteiger partial charge < -0.3 is 15.1 Å². The third-order valence-corrected chi connectivity index (χ3v) is 3.83. The van der Waals surface area contributed by atoms with Gasteiger partial charge in [0.15, 0.2) is 0 Å². The Balaban J connectivity index is 2.36. The van der Waals surface area contributed by atoms with Gasteiger partial charge in [-0.15, -0.1) is 0 Å². The Morgan fingerprint density at radius 1 is 1.43 bits per heavy atom. The zero-order valence-electron chi connectivity index (χ0n) is 11.6. The number of hydrogen-bond donors (Lipinski definition) is 2. The molecular formula is C14H18N2O5. The predicted molar refractivity (Wildman–Crippen MR) is 76.7 cm³/mol. The Kier molecular flexibility index (Phi) is 4.74. The maximum absolute atomic E-state index is 11.1. The smallest absolute Gasteiger partial charge is 0.342 e. The van der Waals surface area contributed by atoms with Gasteiger partial charge in [0.25, 0.3) is 5.69 Å². The fourth-order valence-corrected chi connectivity index (χ4v) is 2.82. The molecule has 0 aliphatic carbocycles. The molecule has 1 atom stereocenters. The van der Waals surface area contributed by atoms with Crippen LogP contribution in [0.4, 0.5) is 11.4 Å². The largest absolute Gasteiger partial charge is 0.477 e. The second-order valence-corrected chi connectivity index (χ2v) is 5.12. The van der Waals surface area contributed by atoms with Gasteiger partial charge in [-0.3, -0.25) is 10.1 Å². The molecule has 1 heterocycles. The summed E-state index contributed by atoms with van der Waals surface area (Å²) in [4.78, 5) is 23.4. The molecular weight excluding hydrogens is 276 g/mol. The molecule has 21 heavy (non-hydrogen) atoms. The number of piperidine rings is 1. The maximum atomic E-state index is 11.1. The lowest BCUT2D eigenvalue weighted by atomic mass is 9.98. The molecule has 7 nitrogen and oxygen atoms in total. The molecule has 1 fully saturated rings. The first kappa shape index (κ1) is 15.2. The van der Waals surface area contributed by atoms with E-state index in [1.165, 1.54) is 12.1 Å². The molecule has 0 aromatic heterocycles. The fourth-order valence-electron chi connectivity index (χ4n) is 2.82. The summed E-state index contributed by atoms with van der Waals surface area (Å²) in [7, 11) is 0. The lowest BCUT2D eigenvalue weighted by Crippen LogP contribution is -2.40. The minimum atomic E-state index is -1.31. The lowest BCUT2D eigenvalue weighted by Gasteiger charge is -2.37. The van der Waals surface area contributed by atoms with Crippen molar-refractivity contribution in [1.82, 2.24) is 0 Å². The number of aliphatic hydroxyl groups excluding tert-OH is 1. The van der Waals surface area contributed by atoms with Crippen LogP contribution in [0, 0.1) is 10.1 Å². The number of carbonyl (C=O) groups is 1. The molecule has 0 radical (unpaired) electrons. The summed E-state index contributed by atoms with van der Waals surface area (Å²) in [5.74, 6) is -1.31. The van der Waals surface area contributed by atoms with Crippen LogP contribution in [-0.4, -0.2) is 40.3 Å². The summed E-state index contributed by atoms with van der Waals surface area (Å²) in [5.41, 5.74) is -0.0577. The molecule has 0 saturated carbocycles. The van der Waals surface area contributed by atoms with Gasteiger partial charge in [0.1, 0.15) is 5.56 Å². The number of carboxylic acids is 1. The van der Waals surface area contributed by atoms with Gasteiger partial charge in [-0.2, -0.15) is 0 Å². The van der Waals surface area contributed by atoms with Gasteiger partial charge in [-0.05, 0) is 37.8 Å². The quantitative estimate of drug-likeness (QED) is 0.636.